The smallest absolute Gasteiger partial charge is 0.258 e. The maximum atomic E-state index is 13.4. The fourth-order valence-corrected chi connectivity index (χ4v) is 14.7. The number of alkyl halides is 6. The molecule has 27 nitrogen and oxygen atoms in total. The minimum absolute atomic E-state index is 0.211. The number of aryl methyl sites for hydroxylation is 3. The molecule has 3 aliphatic heterocycles. The second-order valence-electron chi connectivity index (χ2n) is 28.9. The van der Waals surface area contributed by atoms with Gasteiger partial charge in [-0.2, -0.15) is 15.3 Å². The van der Waals surface area contributed by atoms with Crippen molar-refractivity contribution in [3.8, 4) is 33.4 Å². The number of halogens is 6. The normalized spacial score (nSPS) is 17.8. The molecule has 36 heteroatoms. The van der Waals surface area contributed by atoms with Crippen molar-refractivity contribution < 1.29 is 66.0 Å². The summed E-state index contributed by atoms with van der Waals surface area (Å²) in [5.41, 5.74) is 16.2. The van der Waals surface area contributed by atoms with Gasteiger partial charge in [0.15, 0.2) is 0 Å². The molecule has 6 aromatic heterocycles. The summed E-state index contributed by atoms with van der Waals surface area (Å²) in [5.74, 6) is -14.2. The topological polar surface area (TPSA) is 329 Å². The fraction of sp³-hybridized carbons (Fsp3) is 0.360. The molecule has 3 N–H and O–H groups in total. The Morgan fingerprint density at radius 3 is 0.865 bits per heavy atom. The molecule has 15 rings (SSSR count). The first-order valence-corrected chi connectivity index (χ1v) is 40.4. The van der Waals surface area contributed by atoms with Gasteiger partial charge in [-0.25, -0.2) is 51.6 Å². The minimum Gasteiger partial charge on any atom is -0.352 e. The minimum atomic E-state index is -3.61. The number of Topliss-reactive ketones (excluding diaryl/α,β-unsaturated/α-hetero) is 3. The standard InChI is InChI=1S/3C25H26F2N6O3S/c3*1-14-7-20-24(29-14)21(9-17(30-20)10-23(34)18-11-25(18,26)27)31-19-6-5-15(16-12-28-32(2)13-16)8-22(19)33(3)37(4,35)36/h3*5-6,8-9,12-13,18H,7,10-11H2,1-4H3,(H,30,31)/t2*18-;/m10./s1. The third kappa shape index (κ3) is 17.3. The van der Waals surface area contributed by atoms with Gasteiger partial charge in [-0.05, 0) is 92.1 Å². The Morgan fingerprint density at radius 2 is 0.658 bits per heavy atom. The van der Waals surface area contributed by atoms with E-state index in [1.165, 1.54) is 34.1 Å². The van der Waals surface area contributed by atoms with Crippen molar-refractivity contribution in [2.45, 2.75) is 96.3 Å². The van der Waals surface area contributed by atoms with Gasteiger partial charge in [0.2, 0.25) is 30.1 Å². The quantitative estimate of drug-likeness (QED) is 0.0473. The molecule has 3 fully saturated rings. The Morgan fingerprint density at radius 1 is 0.414 bits per heavy atom. The summed E-state index contributed by atoms with van der Waals surface area (Å²) in [6.07, 6.45) is 13.4. The lowest BCUT2D eigenvalue weighted by Crippen LogP contribution is -2.25. The molecule has 3 aromatic carbocycles. The number of benzene rings is 3. The van der Waals surface area contributed by atoms with E-state index in [4.69, 9.17) is 0 Å². The Labute approximate surface area is 636 Å². The van der Waals surface area contributed by atoms with Crippen LogP contribution in [-0.4, -0.2) is 162 Å². The molecule has 111 heavy (non-hydrogen) atoms. The number of ketones is 3. The fourth-order valence-electron chi connectivity index (χ4n) is 13.2. The Kier molecular flexibility index (Phi) is 20.4. The second-order valence-corrected chi connectivity index (χ2v) is 34.9. The summed E-state index contributed by atoms with van der Waals surface area (Å²) < 4.78 is 164. The lowest BCUT2D eigenvalue weighted by atomic mass is 10.1. The van der Waals surface area contributed by atoms with Gasteiger partial charge in [-0.15, -0.1) is 0 Å². The van der Waals surface area contributed by atoms with Crippen LogP contribution in [0.25, 0.3) is 33.4 Å². The van der Waals surface area contributed by atoms with Gasteiger partial charge in [-0.1, -0.05) is 18.2 Å². The highest BCUT2D eigenvalue weighted by atomic mass is 32.2. The molecular formula is C75H78F6N18O9S3. The van der Waals surface area contributed by atoms with Gasteiger partial charge in [-0.3, -0.25) is 71.3 Å². The largest absolute Gasteiger partial charge is 0.352 e. The zero-order valence-corrected chi connectivity index (χ0v) is 64.8. The van der Waals surface area contributed by atoms with Crippen LogP contribution in [0.2, 0.25) is 0 Å². The van der Waals surface area contributed by atoms with Crippen LogP contribution in [0.1, 0.15) is 74.2 Å². The van der Waals surface area contributed by atoms with Gasteiger partial charge in [0.25, 0.3) is 17.8 Å². The molecule has 3 atom stereocenters. The van der Waals surface area contributed by atoms with Crippen LogP contribution in [0, 0.1) is 17.8 Å². The Bertz CT molecular complexity index is 5250. The van der Waals surface area contributed by atoms with Crippen molar-refractivity contribution in [2.75, 3.05) is 68.8 Å². The van der Waals surface area contributed by atoms with Crippen LogP contribution >= 0.6 is 0 Å². The zero-order chi connectivity index (χ0) is 80.1. The first-order valence-electron chi connectivity index (χ1n) is 34.9. The van der Waals surface area contributed by atoms with Crippen LogP contribution in [0.15, 0.2) is 125 Å². The van der Waals surface area contributed by atoms with E-state index in [9.17, 15) is 66.0 Å². The van der Waals surface area contributed by atoms with Crippen LogP contribution in [0.4, 0.5) is 94.6 Å². The van der Waals surface area contributed by atoms with Gasteiger partial charge >= 0.3 is 0 Å². The lowest BCUT2D eigenvalue weighted by Gasteiger charge is -2.22. The zero-order valence-electron chi connectivity index (χ0n) is 62.4. The molecule has 9 aromatic rings. The van der Waals surface area contributed by atoms with Gasteiger partial charge < -0.3 is 16.0 Å². The molecule has 0 bridgehead atoms. The molecule has 3 saturated carbocycles. The van der Waals surface area contributed by atoms with Gasteiger partial charge in [0.05, 0.1) is 140 Å². The van der Waals surface area contributed by atoms with Crippen LogP contribution in [0.5, 0.6) is 0 Å². The van der Waals surface area contributed by atoms with Crippen molar-refractivity contribution in [1.29, 1.82) is 0 Å². The molecule has 0 spiro atoms. The van der Waals surface area contributed by atoms with E-state index in [1.54, 1.807) is 108 Å². The predicted molar refractivity (Wildman–Crippen MR) is 413 cm³/mol. The van der Waals surface area contributed by atoms with Crippen molar-refractivity contribution >= 4 is 133 Å². The number of nitrogens with zero attached hydrogens (tertiary/aromatic N) is 15. The monoisotopic (exact) mass is 1580 g/mol. The van der Waals surface area contributed by atoms with Crippen molar-refractivity contribution in [3.63, 3.8) is 0 Å². The molecule has 582 valence electrons. The summed E-state index contributed by atoms with van der Waals surface area (Å²) in [4.78, 5) is 64.5. The predicted octanol–water partition coefficient (Wildman–Crippen LogP) is 12.1. The Balaban J connectivity index is 0.000000146. The molecule has 3 aliphatic carbocycles. The van der Waals surface area contributed by atoms with Gasteiger partial charge in [0, 0.05) is 152 Å². The number of pyridine rings is 3. The van der Waals surface area contributed by atoms with E-state index in [2.05, 4.69) is 61.2 Å². The third-order valence-corrected chi connectivity index (χ3v) is 23.2. The number of carbonyl (C=O) groups excluding carboxylic acids is 3. The van der Waals surface area contributed by atoms with E-state index in [0.717, 1.165) is 69.3 Å². The van der Waals surface area contributed by atoms with Crippen molar-refractivity contribution in [2.24, 2.45) is 53.9 Å². The molecule has 1 unspecified atom stereocenters. The van der Waals surface area contributed by atoms with E-state index in [0.29, 0.717) is 122 Å². The average molecular weight is 1590 g/mol. The summed E-state index contributed by atoms with van der Waals surface area (Å²) in [5, 5.41) is 22.4. The third-order valence-electron chi connectivity index (χ3n) is 19.7. The number of nitrogens with one attached hydrogen (secondary N) is 3. The molecule has 0 saturated heterocycles. The highest BCUT2D eigenvalue weighted by Gasteiger charge is 2.62. The van der Waals surface area contributed by atoms with Crippen molar-refractivity contribution in [3.05, 3.63) is 144 Å². The summed E-state index contributed by atoms with van der Waals surface area (Å²) in [7, 11) is -1.05. The van der Waals surface area contributed by atoms with Crippen molar-refractivity contribution in [1.82, 2.24) is 44.3 Å². The molecule has 0 radical (unpaired) electrons. The maximum absolute atomic E-state index is 13.4. The number of aromatic nitrogens is 9. The number of fused-ring (bicyclic) bond motifs is 3. The van der Waals surface area contributed by atoms with Crippen LogP contribution < -0.4 is 28.9 Å². The van der Waals surface area contributed by atoms with E-state index in [-0.39, 0.29) is 19.3 Å². The number of hydrogen-bond acceptors (Lipinski definition) is 21. The first kappa shape index (κ1) is 78.1. The SMILES string of the molecule is CC1=Nc2c(Nc3ccc(-c4cnn(C)c4)cc3N(C)S(C)(=O)=O)cc(CC(=O)C3CC3(F)F)nc2C1.CC1=Nc2c(Nc3ccc(-c4cnn(C)c4)cc3N(C)S(C)(=O)=O)cc(CC(=O)[C@@H]3CC3(F)F)nc2C1.CC1=Nc2c(Nc3ccc(-c4cnn(C)c4)cc3N(C)S(C)(=O)=O)cc(CC(=O)[C@H]3CC3(F)F)nc2C1. The first-order chi connectivity index (χ1) is 51.9. The second kappa shape index (κ2) is 29.0. The number of carbonyl (C=O) groups is 3. The maximum Gasteiger partial charge on any atom is 0.258 e. The number of rotatable bonds is 24. The molecule has 9 heterocycles. The summed E-state index contributed by atoms with van der Waals surface area (Å²) >= 11 is 0. The number of hydrogen-bond donors (Lipinski definition) is 3. The van der Waals surface area contributed by atoms with Crippen LogP contribution in [0.3, 0.4) is 0 Å². The highest BCUT2D eigenvalue weighted by Crippen LogP contribution is 2.53. The van der Waals surface area contributed by atoms with Crippen LogP contribution in [-0.2, 0) is 104 Å². The lowest BCUT2D eigenvalue weighted by molar-refractivity contribution is -0.122. The summed E-state index contributed by atoms with van der Waals surface area (Å²) in [6, 6.07) is 20.9. The van der Waals surface area contributed by atoms with E-state index < -0.39 is 102 Å². The van der Waals surface area contributed by atoms with Gasteiger partial charge in [0.1, 0.15) is 34.4 Å². The number of sulfonamides is 3. The average Bonchev–Trinajstić information content (AvgIpc) is 1.68. The molecule has 6 aliphatic rings. The number of anilines is 9. The summed E-state index contributed by atoms with van der Waals surface area (Å²) in [6.45, 7) is 5.56. The number of aliphatic imine (C=N–C) groups is 3. The van der Waals surface area contributed by atoms with E-state index >= 15 is 0 Å². The Hall–Kier alpha value is -11.0. The molecular weight excluding hydrogens is 1510 g/mol. The highest BCUT2D eigenvalue weighted by molar-refractivity contribution is 7.92. The molecule has 0 amide bonds. The van der Waals surface area contributed by atoms with E-state index in [1.807, 2.05) is 57.6 Å².